The fourth-order valence-corrected chi connectivity index (χ4v) is 1.48. The van der Waals surface area contributed by atoms with Crippen molar-refractivity contribution in [3.05, 3.63) is 29.8 Å². The highest BCUT2D eigenvalue weighted by Crippen LogP contribution is 2.19. The molecule has 0 saturated carbocycles. The molecular formula is C13H19F2NO3. The van der Waals surface area contributed by atoms with Crippen molar-refractivity contribution in [2.75, 3.05) is 13.2 Å². The predicted molar refractivity (Wildman–Crippen MR) is 67.2 cm³/mol. The van der Waals surface area contributed by atoms with Crippen LogP contribution < -0.4 is 10.1 Å². The average molecular weight is 275 g/mol. The van der Waals surface area contributed by atoms with Gasteiger partial charge in [-0.15, -0.1) is 0 Å². The molecule has 6 heteroatoms. The van der Waals surface area contributed by atoms with Crippen LogP contribution in [0.5, 0.6) is 5.75 Å². The molecule has 0 aliphatic carbocycles. The third-order valence-electron chi connectivity index (χ3n) is 2.73. The van der Waals surface area contributed by atoms with Gasteiger partial charge in [-0.05, 0) is 31.5 Å². The van der Waals surface area contributed by atoms with Gasteiger partial charge in [0.05, 0.1) is 12.2 Å². The van der Waals surface area contributed by atoms with E-state index in [0.717, 1.165) is 5.56 Å². The molecule has 4 nitrogen and oxygen atoms in total. The summed E-state index contributed by atoms with van der Waals surface area (Å²) >= 11 is 0. The molecule has 3 N–H and O–H groups in total. The molecule has 19 heavy (non-hydrogen) atoms. The SMILES string of the molecule is CC(NCC(C)(O)CO)c1ccc(OC(F)F)cc1. The lowest BCUT2D eigenvalue weighted by Crippen LogP contribution is -2.41. The summed E-state index contributed by atoms with van der Waals surface area (Å²) in [6, 6.07) is 6.18. The molecule has 0 fully saturated rings. The van der Waals surface area contributed by atoms with Gasteiger partial charge in [0.15, 0.2) is 0 Å². The number of ether oxygens (including phenoxy) is 1. The van der Waals surface area contributed by atoms with Crippen molar-refractivity contribution in [2.24, 2.45) is 0 Å². The Kier molecular flexibility index (Phi) is 5.65. The third-order valence-corrected chi connectivity index (χ3v) is 2.73. The molecule has 0 aliphatic heterocycles. The maximum atomic E-state index is 12.0. The topological polar surface area (TPSA) is 61.7 Å². The number of halogens is 2. The summed E-state index contributed by atoms with van der Waals surface area (Å²) in [4.78, 5) is 0. The lowest BCUT2D eigenvalue weighted by molar-refractivity contribution is -0.0498. The molecule has 0 bridgehead atoms. The highest BCUT2D eigenvalue weighted by Gasteiger charge is 2.19. The van der Waals surface area contributed by atoms with Gasteiger partial charge in [-0.25, -0.2) is 0 Å². The quantitative estimate of drug-likeness (QED) is 0.708. The van der Waals surface area contributed by atoms with Crippen LogP contribution in [-0.2, 0) is 0 Å². The Morgan fingerprint density at radius 1 is 1.32 bits per heavy atom. The Bertz CT molecular complexity index is 382. The van der Waals surface area contributed by atoms with Gasteiger partial charge >= 0.3 is 6.61 Å². The molecular weight excluding hydrogens is 256 g/mol. The van der Waals surface area contributed by atoms with Crippen LogP contribution in [-0.4, -0.2) is 35.6 Å². The molecule has 1 aromatic carbocycles. The van der Waals surface area contributed by atoms with E-state index in [2.05, 4.69) is 10.1 Å². The third kappa shape index (κ3) is 5.50. The van der Waals surface area contributed by atoms with Crippen LogP contribution in [0.4, 0.5) is 8.78 Å². The minimum absolute atomic E-state index is 0.0846. The van der Waals surface area contributed by atoms with Crippen LogP contribution in [0.2, 0.25) is 0 Å². The molecule has 0 spiro atoms. The summed E-state index contributed by atoms with van der Waals surface area (Å²) in [5.74, 6) is 0.105. The maximum Gasteiger partial charge on any atom is 0.387 e. The molecule has 108 valence electrons. The van der Waals surface area contributed by atoms with Gasteiger partial charge in [0.2, 0.25) is 0 Å². The van der Waals surface area contributed by atoms with Crippen LogP contribution in [0.3, 0.4) is 0 Å². The zero-order chi connectivity index (χ0) is 14.5. The highest BCUT2D eigenvalue weighted by molar-refractivity contribution is 5.28. The smallest absolute Gasteiger partial charge is 0.387 e. The molecule has 0 heterocycles. The Labute approximate surface area is 111 Å². The molecule has 0 saturated heterocycles. The molecule has 2 atom stereocenters. The maximum absolute atomic E-state index is 12.0. The number of alkyl halides is 2. The summed E-state index contributed by atoms with van der Waals surface area (Å²) in [6.07, 6.45) is 0. The zero-order valence-electron chi connectivity index (χ0n) is 10.9. The van der Waals surface area contributed by atoms with Gasteiger partial charge in [0, 0.05) is 12.6 Å². The first kappa shape index (κ1) is 15.8. The summed E-state index contributed by atoms with van der Waals surface area (Å²) in [7, 11) is 0. The van der Waals surface area contributed by atoms with Crippen molar-refractivity contribution in [3.8, 4) is 5.75 Å². The number of rotatable bonds is 7. The first-order chi connectivity index (χ1) is 8.84. The largest absolute Gasteiger partial charge is 0.435 e. The van der Waals surface area contributed by atoms with Gasteiger partial charge in [0.1, 0.15) is 5.75 Å². The molecule has 0 amide bonds. The second kappa shape index (κ2) is 6.79. The van der Waals surface area contributed by atoms with E-state index in [0.29, 0.717) is 0 Å². The van der Waals surface area contributed by atoms with Crippen molar-refractivity contribution in [1.29, 1.82) is 0 Å². The van der Waals surface area contributed by atoms with Crippen LogP contribution in [0.15, 0.2) is 24.3 Å². The van der Waals surface area contributed by atoms with Gasteiger partial charge < -0.3 is 20.3 Å². The lowest BCUT2D eigenvalue weighted by Gasteiger charge is -2.24. The first-order valence-corrected chi connectivity index (χ1v) is 5.95. The summed E-state index contributed by atoms with van der Waals surface area (Å²) in [5.41, 5.74) is -0.317. The first-order valence-electron chi connectivity index (χ1n) is 5.95. The number of hydrogen-bond donors (Lipinski definition) is 3. The van der Waals surface area contributed by atoms with E-state index in [1.165, 1.54) is 19.1 Å². The molecule has 0 radical (unpaired) electrons. The van der Waals surface area contributed by atoms with Gasteiger partial charge in [-0.2, -0.15) is 8.78 Å². The van der Waals surface area contributed by atoms with Crippen molar-refractivity contribution >= 4 is 0 Å². The van der Waals surface area contributed by atoms with Crippen molar-refractivity contribution < 1.29 is 23.7 Å². The predicted octanol–water partition coefficient (Wildman–Crippen LogP) is 1.68. The van der Waals surface area contributed by atoms with E-state index < -0.39 is 12.2 Å². The zero-order valence-corrected chi connectivity index (χ0v) is 10.9. The van der Waals surface area contributed by atoms with Crippen molar-refractivity contribution in [1.82, 2.24) is 5.32 Å². The number of aliphatic hydroxyl groups excluding tert-OH is 1. The fourth-order valence-electron chi connectivity index (χ4n) is 1.48. The van der Waals surface area contributed by atoms with E-state index in [-0.39, 0.29) is 24.9 Å². The Morgan fingerprint density at radius 2 is 1.89 bits per heavy atom. The van der Waals surface area contributed by atoms with Crippen LogP contribution in [0, 0.1) is 0 Å². The lowest BCUT2D eigenvalue weighted by atomic mass is 10.1. The minimum atomic E-state index is -2.83. The number of aliphatic hydroxyl groups is 2. The highest BCUT2D eigenvalue weighted by atomic mass is 19.3. The fraction of sp³-hybridized carbons (Fsp3) is 0.538. The monoisotopic (exact) mass is 275 g/mol. The average Bonchev–Trinajstić information content (AvgIpc) is 2.36. The Hall–Kier alpha value is -1.24. The van der Waals surface area contributed by atoms with E-state index in [1.54, 1.807) is 12.1 Å². The van der Waals surface area contributed by atoms with Gasteiger partial charge in [0.25, 0.3) is 0 Å². The minimum Gasteiger partial charge on any atom is -0.435 e. The number of benzene rings is 1. The molecule has 2 unspecified atom stereocenters. The Balaban J connectivity index is 2.55. The second-order valence-corrected chi connectivity index (χ2v) is 4.71. The Morgan fingerprint density at radius 3 is 2.37 bits per heavy atom. The molecule has 1 aromatic rings. The molecule has 0 aromatic heterocycles. The normalized spacial score (nSPS) is 16.2. The van der Waals surface area contributed by atoms with Gasteiger partial charge in [-0.1, -0.05) is 12.1 Å². The second-order valence-electron chi connectivity index (χ2n) is 4.71. The van der Waals surface area contributed by atoms with E-state index >= 15 is 0 Å². The number of nitrogens with one attached hydrogen (secondary N) is 1. The van der Waals surface area contributed by atoms with E-state index in [1.807, 2.05) is 6.92 Å². The number of hydrogen-bond acceptors (Lipinski definition) is 4. The van der Waals surface area contributed by atoms with Crippen LogP contribution in [0.1, 0.15) is 25.5 Å². The van der Waals surface area contributed by atoms with Crippen molar-refractivity contribution in [2.45, 2.75) is 32.1 Å². The van der Waals surface area contributed by atoms with E-state index in [4.69, 9.17) is 5.11 Å². The summed E-state index contributed by atoms with van der Waals surface area (Å²) < 4.78 is 28.2. The van der Waals surface area contributed by atoms with E-state index in [9.17, 15) is 13.9 Å². The van der Waals surface area contributed by atoms with Crippen molar-refractivity contribution in [3.63, 3.8) is 0 Å². The summed E-state index contributed by atoms with van der Waals surface area (Å²) in [5, 5.41) is 21.6. The standard InChI is InChI=1S/C13H19F2NO3/c1-9(16-7-13(2,18)8-17)10-3-5-11(6-4-10)19-12(14)15/h3-6,9,12,16-18H,7-8H2,1-2H3. The van der Waals surface area contributed by atoms with Crippen LogP contribution in [0.25, 0.3) is 0 Å². The molecule has 0 aliphatic rings. The molecule has 1 rings (SSSR count). The van der Waals surface area contributed by atoms with Gasteiger partial charge in [-0.3, -0.25) is 0 Å². The van der Waals surface area contributed by atoms with Crippen LogP contribution >= 0.6 is 0 Å². The summed E-state index contributed by atoms with van der Waals surface area (Å²) in [6.45, 7) is 0.442.